The van der Waals surface area contributed by atoms with Crippen LogP contribution < -0.4 is 0 Å². The van der Waals surface area contributed by atoms with Gasteiger partial charge in [0.15, 0.2) is 9.84 Å². The number of likely N-dealkylation sites (tertiary alicyclic amines) is 1. The summed E-state index contributed by atoms with van der Waals surface area (Å²) in [5, 5.41) is 6.78. The van der Waals surface area contributed by atoms with E-state index in [0.29, 0.717) is 16.4 Å². The van der Waals surface area contributed by atoms with Crippen molar-refractivity contribution in [3.63, 3.8) is 0 Å². The minimum atomic E-state index is -3.48. The third-order valence-electron chi connectivity index (χ3n) is 4.59. The molecular weight excluding hydrogens is 386 g/mol. The Morgan fingerprint density at radius 3 is 2.41 bits per heavy atom. The molecule has 1 aromatic heterocycles. The van der Waals surface area contributed by atoms with Crippen LogP contribution in [0.5, 0.6) is 0 Å². The molecule has 0 saturated carbocycles. The molecule has 1 fully saturated rings. The highest BCUT2D eigenvalue weighted by molar-refractivity contribution is 7.92. The van der Waals surface area contributed by atoms with Gasteiger partial charge in [0.2, 0.25) is 0 Å². The number of aromatic amines is 1. The van der Waals surface area contributed by atoms with Crippen LogP contribution in [-0.4, -0.2) is 47.8 Å². The zero-order valence-electron chi connectivity index (χ0n) is 14.2. The third kappa shape index (κ3) is 3.36. The van der Waals surface area contributed by atoms with Crippen molar-refractivity contribution in [3.05, 3.63) is 71.4 Å². The molecule has 3 aromatic rings. The number of hydrogen-bond acceptors (Lipinski definition) is 4. The zero-order valence-corrected chi connectivity index (χ0v) is 15.7. The van der Waals surface area contributed by atoms with Crippen molar-refractivity contribution >= 4 is 27.3 Å². The second-order valence-electron chi connectivity index (χ2n) is 6.36. The van der Waals surface area contributed by atoms with Gasteiger partial charge < -0.3 is 4.90 Å². The van der Waals surface area contributed by atoms with Crippen LogP contribution in [-0.2, 0) is 9.84 Å². The summed E-state index contributed by atoms with van der Waals surface area (Å²) < 4.78 is 25.2. The largest absolute Gasteiger partial charge is 0.335 e. The number of sulfone groups is 1. The van der Waals surface area contributed by atoms with Gasteiger partial charge in [0.1, 0.15) is 10.9 Å². The fourth-order valence-corrected chi connectivity index (χ4v) is 4.75. The Bertz CT molecular complexity index is 1070. The first-order valence-corrected chi connectivity index (χ1v) is 10.3. The second kappa shape index (κ2) is 6.83. The van der Waals surface area contributed by atoms with Gasteiger partial charge >= 0.3 is 0 Å². The molecule has 1 saturated heterocycles. The first kappa shape index (κ1) is 17.8. The molecule has 0 radical (unpaired) electrons. The summed E-state index contributed by atoms with van der Waals surface area (Å²) in [7, 11) is -3.48. The van der Waals surface area contributed by atoms with Crippen LogP contribution >= 0.6 is 11.6 Å². The molecule has 8 heteroatoms. The van der Waals surface area contributed by atoms with Crippen molar-refractivity contribution in [1.82, 2.24) is 15.1 Å². The fraction of sp³-hybridized carbons (Fsp3) is 0.158. The van der Waals surface area contributed by atoms with Gasteiger partial charge in [0, 0.05) is 23.7 Å². The second-order valence-corrected chi connectivity index (χ2v) is 9.03. The van der Waals surface area contributed by atoms with Gasteiger partial charge in [-0.3, -0.25) is 9.89 Å². The molecule has 2 heterocycles. The van der Waals surface area contributed by atoms with Gasteiger partial charge in [-0.25, -0.2) is 8.42 Å². The molecule has 1 aliphatic rings. The summed E-state index contributed by atoms with van der Waals surface area (Å²) in [6, 6.07) is 17.3. The highest BCUT2D eigenvalue weighted by Gasteiger charge is 2.41. The fourth-order valence-electron chi connectivity index (χ4n) is 2.98. The number of nitrogens with one attached hydrogen (secondary N) is 1. The van der Waals surface area contributed by atoms with Crippen LogP contribution in [0.1, 0.15) is 10.5 Å². The van der Waals surface area contributed by atoms with Gasteiger partial charge in [-0.05, 0) is 30.3 Å². The van der Waals surface area contributed by atoms with E-state index in [1.54, 1.807) is 18.2 Å². The van der Waals surface area contributed by atoms with Gasteiger partial charge in [0.05, 0.1) is 10.6 Å². The molecule has 1 aliphatic heterocycles. The molecule has 4 rings (SSSR count). The minimum Gasteiger partial charge on any atom is -0.335 e. The van der Waals surface area contributed by atoms with Crippen molar-refractivity contribution in [3.8, 4) is 11.3 Å². The quantitative estimate of drug-likeness (QED) is 0.728. The lowest BCUT2D eigenvalue weighted by Gasteiger charge is -2.38. The topological polar surface area (TPSA) is 83.1 Å². The van der Waals surface area contributed by atoms with Crippen LogP contribution in [0.25, 0.3) is 11.3 Å². The average molecular weight is 402 g/mol. The molecule has 27 heavy (non-hydrogen) atoms. The normalized spacial score (nSPS) is 14.8. The Morgan fingerprint density at radius 2 is 1.74 bits per heavy atom. The number of benzene rings is 2. The van der Waals surface area contributed by atoms with Crippen molar-refractivity contribution < 1.29 is 13.2 Å². The number of halogens is 1. The molecule has 138 valence electrons. The summed E-state index contributed by atoms with van der Waals surface area (Å²) in [6.45, 7) is 0.312. The lowest BCUT2D eigenvalue weighted by Crippen LogP contribution is -2.56. The Morgan fingerprint density at radius 1 is 1.07 bits per heavy atom. The van der Waals surface area contributed by atoms with E-state index in [1.165, 1.54) is 17.0 Å². The number of amides is 1. The molecule has 2 aromatic carbocycles. The van der Waals surface area contributed by atoms with Crippen molar-refractivity contribution in [2.75, 3.05) is 13.1 Å². The van der Waals surface area contributed by atoms with Gasteiger partial charge in [-0.2, -0.15) is 5.10 Å². The monoisotopic (exact) mass is 401 g/mol. The Hall–Kier alpha value is -2.64. The van der Waals surface area contributed by atoms with Crippen LogP contribution in [0.3, 0.4) is 0 Å². The molecule has 0 bridgehead atoms. The number of H-pyrrole nitrogens is 1. The lowest BCUT2D eigenvalue weighted by atomic mass is 10.1. The predicted molar refractivity (Wildman–Crippen MR) is 102 cm³/mol. The summed E-state index contributed by atoms with van der Waals surface area (Å²) in [4.78, 5) is 14.3. The van der Waals surface area contributed by atoms with Gasteiger partial charge in [-0.15, -0.1) is 0 Å². The number of carbonyl (C=O) groups excluding carboxylic acids is 1. The summed E-state index contributed by atoms with van der Waals surface area (Å²) in [5.41, 5.74) is 1.92. The van der Waals surface area contributed by atoms with E-state index < -0.39 is 15.1 Å². The first-order valence-electron chi connectivity index (χ1n) is 8.35. The minimum absolute atomic E-state index is 0.156. The Balaban J connectivity index is 1.44. The van der Waals surface area contributed by atoms with E-state index in [4.69, 9.17) is 11.6 Å². The van der Waals surface area contributed by atoms with E-state index in [0.717, 1.165) is 5.56 Å². The highest BCUT2D eigenvalue weighted by atomic mass is 35.5. The third-order valence-corrected chi connectivity index (χ3v) is 6.95. The molecule has 0 aliphatic carbocycles. The molecule has 1 N–H and O–H groups in total. The number of hydrogen-bond donors (Lipinski definition) is 1. The highest BCUT2D eigenvalue weighted by Crippen LogP contribution is 2.26. The van der Waals surface area contributed by atoms with Gasteiger partial charge in [-0.1, -0.05) is 41.9 Å². The van der Waals surface area contributed by atoms with E-state index in [1.807, 2.05) is 30.3 Å². The number of aromatic nitrogens is 2. The SMILES string of the molecule is O=C(c1cc(-c2ccccc2)n[nH]1)N1CC(S(=O)(=O)c2ccc(Cl)cc2)C1. The van der Waals surface area contributed by atoms with Crippen LogP contribution in [0.2, 0.25) is 5.02 Å². The summed E-state index contributed by atoms with van der Waals surface area (Å²) >= 11 is 5.81. The van der Waals surface area contributed by atoms with Crippen molar-refractivity contribution in [2.45, 2.75) is 10.1 Å². The van der Waals surface area contributed by atoms with Gasteiger partial charge in [0.25, 0.3) is 5.91 Å². The van der Waals surface area contributed by atoms with E-state index in [-0.39, 0.29) is 23.9 Å². The van der Waals surface area contributed by atoms with Crippen molar-refractivity contribution in [2.24, 2.45) is 0 Å². The molecule has 1 amide bonds. The molecular formula is C19H16ClN3O3S. The average Bonchev–Trinajstić information content (AvgIpc) is 3.11. The first-order chi connectivity index (χ1) is 12.9. The molecule has 0 atom stereocenters. The number of carbonyl (C=O) groups is 1. The van der Waals surface area contributed by atoms with E-state index in [2.05, 4.69) is 10.2 Å². The predicted octanol–water partition coefficient (Wildman–Crippen LogP) is 3.03. The molecule has 0 unspecified atom stereocenters. The van der Waals surface area contributed by atoms with Crippen LogP contribution in [0, 0.1) is 0 Å². The Labute approximate surface area is 161 Å². The van der Waals surface area contributed by atoms with Crippen molar-refractivity contribution in [1.29, 1.82) is 0 Å². The standard InChI is InChI=1S/C19H16ClN3O3S/c20-14-6-8-15(9-7-14)27(25,26)16-11-23(12-16)19(24)18-10-17(21-22-18)13-4-2-1-3-5-13/h1-10,16H,11-12H2,(H,21,22). The summed E-state index contributed by atoms with van der Waals surface area (Å²) in [6.07, 6.45) is 0. The molecule has 6 nitrogen and oxygen atoms in total. The maximum atomic E-state index is 12.6. The molecule has 0 spiro atoms. The van der Waals surface area contributed by atoms with E-state index >= 15 is 0 Å². The van der Waals surface area contributed by atoms with Crippen LogP contribution in [0.15, 0.2) is 65.6 Å². The number of rotatable bonds is 4. The number of nitrogens with zero attached hydrogens (tertiary/aromatic N) is 2. The smallest absolute Gasteiger partial charge is 0.271 e. The maximum Gasteiger partial charge on any atom is 0.271 e. The lowest BCUT2D eigenvalue weighted by molar-refractivity contribution is 0.0652. The summed E-state index contributed by atoms with van der Waals surface area (Å²) in [5.74, 6) is -0.257. The zero-order chi connectivity index (χ0) is 19.0. The van der Waals surface area contributed by atoms with E-state index in [9.17, 15) is 13.2 Å². The maximum absolute atomic E-state index is 12.6. The van der Waals surface area contributed by atoms with Crippen LogP contribution in [0.4, 0.5) is 0 Å². The Kier molecular flexibility index (Phi) is 4.49.